The summed E-state index contributed by atoms with van der Waals surface area (Å²) in [4.78, 5) is 22.0. The first-order valence-corrected chi connectivity index (χ1v) is 3.18. The van der Waals surface area contributed by atoms with Crippen molar-refractivity contribution >= 4 is 12.0 Å². The number of carbonyl (C=O) groups is 2. The largest absolute Gasteiger partial charge is 0.465 e. The molecule has 1 unspecified atom stereocenters. The van der Waals surface area contributed by atoms with Crippen LogP contribution in [-0.4, -0.2) is 28.0 Å². The van der Waals surface area contributed by atoms with Gasteiger partial charge in [0.15, 0.2) is 0 Å². The van der Waals surface area contributed by atoms with E-state index in [4.69, 9.17) is 5.11 Å². The molecule has 10 heavy (non-hydrogen) atoms. The number of hydrogen-bond donors (Lipinski definition) is 1. The van der Waals surface area contributed by atoms with E-state index in [9.17, 15) is 9.59 Å². The fourth-order valence-corrected chi connectivity index (χ4v) is 1.12. The van der Waals surface area contributed by atoms with Crippen molar-refractivity contribution in [3.8, 4) is 0 Å². The summed E-state index contributed by atoms with van der Waals surface area (Å²) in [6.07, 6.45) is -0.103. The fourth-order valence-electron chi connectivity index (χ4n) is 1.12. The van der Waals surface area contributed by atoms with E-state index in [-0.39, 0.29) is 11.9 Å². The molecule has 1 aliphatic heterocycles. The second-order valence-corrected chi connectivity index (χ2v) is 2.43. The third-order valence-electron chi connectivity index (χ3n) is 1.69. The van der Waals surface area contributed by atoms with E-state index >= 15 is 0 Å². The standard InChI is InChI=1S/C6H9NO3/c1-4-2-3-5(8)7(4)6(9)10/h4H,2-3H2,1H3,(H,9,10). The van der Waals surface area contributed by atoms with Gasteiger partial charge in [0.05, 0.1) is 0 Å². The van der Waals surface area contributed by atoms with Crippen LogP contribution in [0, 0.1) is 0 Å². The number of hydrogen-bond acceptors (Lipinski definition) is 2. The van der Waals surface area contributed by atoms with Crippen molar-refractivity contribution in [3.63, 3.8) is 0 Å². The van der Waals surface area contributed by atoms with Crippen LogP contribution < -0.4 is 0 Å². The normalized spacial score (nSPS) is 25.5. The summed E-state index contributed by atoms with van der Waals surface area (Å²) in [7, 11) is 0. The number of nitrogens with zero attached hydrogens (tertiary/aromatic N) is 1. The van der Waals surface area contributed by atoms with Gasteiger partial charge in [-0.3, -0.25) is 4.79 Å². The van der Waals surface area contributed by atoms with Crippen molar-refractivity contribution in [2.75, 3.05) is 0 Å². The predicted molar refractivity (Wildman–Crippen MR) is 33.6 cm³/mol. The van der Waals surface area contributed by atoms with E-state index in [0.29, 0.717) is 12.8 Å². The van der Waals surface area contributed by atoms with Gasteiger partial charge < -0.3 is 5.11 Å². The summed E-state index contributed by atoms with van der Waals surface area (Å²) in [6.45, 7) is 1.74. The van der Waals surface area contributed by atoms with E-state index < -0.39 is 6.09 Å². The molecular weight excluding hydrogens is 134 g/mol. The van der Waals surface area contributed by atoms with E-state index in [1.807, 2.05) is 0 Å². The first-order valence-electron chi connectivity index (χ1n) is 3.18. The SMILES string of the molecule is CC1CCC(=O)N1C(=O)O. The van der Waals surface area contributed by atoms with Crippen molar-refractivity contribution in [2.24, 2.45) is 0 Å². The smallest absolute Gasteiger partial charge is 0.414 e. The Kier molecular flexibility index (Phi) is 1.61. The van der Waals surface area contributed by atoms with Gasteiger partial charge in [0.2, 0.25) is 5.91 Å². The van der Waals surface area contributed by atoms with Crippen molar-refractivity contribution < 1.29 is 14.7 Å². The molecule has 0 aliphatic carbocycles. The second kappa shape index (κ2) is 2.28. The van der Waals surface area contributed by atoms with Crippen LogP contribution in [0.2, 0.25) is 0 Å². The van der Waals surface area contributed by atoms with Gasteiger partial charge in [0.1, 0.15) is 0 Å². The molecule has 0 bridgehead atoms. The van der Waals surface area contributed by atoms with Gasteiger partial charge in [-0.1, -0.05) is 0 Å². The van der Waals surface area contributed by atoms with Gasteiger partial charge in [-0.15, -0.1) is 0 Å². The van der Waals surface area contributed by atoms with Crippen molar-refractivity contribution in [2.45, 2.75) is 25.8 Å². The summed E-state index contributed by atoms with van der Waals surface area (Å²) in [6, 6.07) is -0.134. The van der Waals surface area contributed by atoms with E-state index in [1.165, 1.54) is 0 Å². The predicted octanol–water partition coefficient (Wildman–Crippen LogP) is 0.675. The molecule has 1 rings (SSSR count). The summed E-state index contributed by atoms with van der Waals surface area (Å²) in [5.41, 5.74) is 0. The van der Waals surface area contributed by atoms with Gasteiger partial charge in [0, 0.05) is 12.5 Å². The van der Waals surface area contributed by atoms with Crippen LogP contribution in [-0.2, 0) is 4.79 Å². The number of likely N-dealkylation sites (tertiary alicyclic amines) is 1. The van der Waals surface area contributed by atoms with E-state index in [2.05, 4.69) is 0 Å². The molecule has 1 atom stereocenters. The highest BCUT2D eigenvalue weighted by Crippen LogP contribution is 2.17. The van der Waals surface area contributed by atoms with Crippen molar-refractivity contribution in [3.05, 3.63) is 0 Å². The molecule has 0 aromatic heterocycles. The quantitative estimate of drug-likeness (QED) is 0.542. The number of carbonyl (C=O) groups excluding carboxylic acids is 1. The summed E-state index contributed by atoms with van der Waals surface area (Å²) < 4.78 is 0. The van der Waals surface area contributed by atoms with Gasteiger partial charge in [-0.05, 0) is 13.3 Å². The van der Waals surface area contributed by atoms with Crippen LogP contribution in [0.3, 0.4) is 0 Å². The average molecular weight is 143 g/mol. The molecule has 1 fully saturated rings. The molecule has 56 valence electrons. The fraction of sp³-hybridized carbons (Fsp3) is 0.667. The molecule has 0 aromatic rings. The second-order valence-electron chi connectivity index (χ2n) is 2.43. The lowest BCUT2D eigenvalue weighted by Gasteiger charge is -2.13. The Hall–Kier alpha value is -1.06. The number of rotatable bonds is 0. The first-order chi connectivity index (χ1) is 4.63. The minimum absolute atomic E-state index is 0.134. The highest BCUT2D eigenvalue weighted by Gasteiger charge is 2.32. The number of carboxylic acid groups (broad SMARTS) is 1. The van der Waals surface area contributed by atoms with Crippen LogP contribution in [0.25, 0.3) is 0 Å². The Balaban J connectivity index is 2.72. The zero-order valence-electron chi connectivity index (χ0n) is 5.70. The zero-order chi connectivity index (χ0) is 7.72. The van der Waals surface area contributed by atoms with Gasteiger partial charge in [-0.2, -0.15) is 0 Å². The Morgan fingerprint density at radius 3 is 2.60 bits per heavy atom. The van der Waals surface area contributed by atoms with Crippen LogP contribution >= 0.6 is 0 Å². The molecule has 0 radical (unpaired) electrons. The molecule has 0 saturated carbocycles. The molecule has 4 nitrogen and oxygen atoms in total. The maximum absolute atomic E-state index is 10.8. The Bertz CT molecular complexity index is 178. The summed E-state index contributed by atoms with van der Waals surface area (Å²) in [5.74, 6) is -0.278. The van der Waals surface area contributed by atoms with Crippen molar-refractivity contribution in [1.29, 1.82) is 0 Å². The maximum Gasteiger partial charge on any atom is 0.414 e. The van der Waals surface area contributed by atoms with Crippen LogP contribution in [0.4, 0.5) is 4.79 Å². The third kappa shape index (κ3) is 0.964. The lowest BCUT2D eigenvalue weighted by Crippen LogP contribution is -2.35. The minimum atomic E-state index is -1.13. The molecule has 1 aliphatic rings. The number of imide groups is 1. The molecular formula is C6H9NO3. The highest BCUT2D eigenvalue weighted by molar-refractivity contribution is 5.93. The van der Waals surface area contributed by atoms with E-state index in [0.717, 1.165) is 4.90 Å². The van der Waals surface area contributed by atoms with Crippen LogP contribution in [0.5, 0.6) is 0 Å². The molecule has 0 aromatic carbocycles. The first kappa shape index (κ1) is 7.05. The summed E-state index contributed by atoms with van der Waals surface area (Å²) in [5, 5.41) is 8.46. The Labute approximate surface area is 58.4 Å². The number of amides is 2. The van der Waals surface area contributed by atoms with Crippen LogP contribution in [0.1, 0.15) is 19.8 Å². The lowest BCUT2D eigenvalue weighted by molar-refractivity contribution is -0.126. The molecule has 0 spiro atoms. The molecule has 4 heteroatoms. The van der Waals surface area contributed by atoms with E-state index in [1.54, 1.807) is 6.92 Å². The average Bonchev–Trinajstić information content (AvgIpc) is 2.11. The molecule has 1 N–H and O–H groups in total. The molecule has 2 amide bonds. The third-order valence-corrected chi connectivity index (χ3v) is 1.69. The zero-order valence-corrected chi connectivity index (χ0v) is 5.70. The van der Waals surface area contributed by atoms with Gasteiger partial charge in [0.25, 0.3) is 0 Å². The molecule has 1 saturated heterocycles. The Morgan fingerprint density at radius 1 is 1.80 bits per heavy atom. The minimum Gasteiger partial charge on any atom is -0.465 e. The maximum atomic E-state index is 10.8. The monoisotopic (exact) mass is 143 g/mol. The van der Waals surface area contributed by atoms with Gasteiger partial charge >= 0.3 is 6.09 Å². The highest BCUT2D eigenvalue weighted by atomic mass is 16.4. The topological polar surface area (TPSA) is 57.6 Å². The van der Waals surface area contributed by atoms with Gasteiger partial charge in [-0.25, -0.2) is 9.69 Å². The summed E-state index contributed by atoms with van der Waals surface area (Å²) >= 11 is 0. The van der Waals surface area contributed by atoms with Crippen LogP contribution in [0.15, 0.2) is 0 Å². The molecule has 1 heterocycles. The van der Waals surface area contributed by atoms with Crippen molar-refractivity contribution in [1.82, 2.24) is 4.90 Å². The lowest BCUT2D eigenvalue weighted by atomic mass is 10.2. The Morgan fingerprint density at radius 2 is 2.40 bits per heavy atom.